The number of anilines is 1. The molecular weight excluding hydrogens is 324 g/mol. The second kappa shape index (κ2) is 7.29. The second-order valence-electron chi connectivity index (χ2n) is 4.51. The molecule has 2 aromatic carbocycles. The van der Waals surface area contributed by atoms with Crippen molar-refractivity contribution < 1.29 is 9.72 Å². The number of non-ortho nitro benzene ring substituents is 1. The predicted octanol–water partition coefficient (Wildman–Crippen LogP) is 4.37. The van der Waals surface area contributed by atoms with Crippen molar-refractivity contribution in [2.24, 2.45) is 0 Å². The maximum Gasteiger partial charge on any atom is 0.269 e. The summed E-state index contributed by atoms with van der Waals surface area (Å²) in [5.74, 6) is -0.161. The summed E-state index contributed by atoms with van der Waals surface area (Å²) in [6.07, 6.45) is 0. The molecule has 0 unspecified atom stereocenters. The Balaban J connectivity index is 1.97. The van der Waals surface area contributed by atoms with Crippen molar-refractivity contribution in [2.45, 2.75) is 17.1 Å². The first-order valence-corrected chi connectivity index (χ1v) is 7.69. The number of thioether (sulfide) groups is 1. The van der Waals surface area contributed by atoms with Crippen molar-refractivity contribution in [3.05, 3.63) is 63.7 Å². The Kier molecular flexibility index (Phi) is 5.41. The van der Waals surface area contributed by atoms with Gasteiger partial charge in [-0.1, -0.05) is 17.7 Å². The van der Waals surface area contributed by atoms with Gasteiger partial charge in [-0.25, -0.2) is 0 Å². The fourth-order valence-corrected chi connectivity index (χ4v) is 2.77. The molecule has 0 heterocycles. The van der Waals surface area contributed by atoms with E-state index in [9.17, 15) is 14.9 Å². The first-order chi connectivity index (χ1) is 10.5. The third-order valence-corrected chi connectivity index (χ3v) is 4.17. The average Bonchev–Trinajstić information content (AvgIpc) is 2.47. The lowest BCUT2D eigenvalue weighted by Gasteiger charge is -2.12. The van der Waals surface area contributed by atoms with Gasteiger partial charge in [0.05, 0.1) is 10.2 Å². The van der Waals surface area contributed by atoms with E-state index in [0.717, 1.165) is 4.90 Å². The Morgan fingerprint density at radius 1 is 1.27 bits per heavy atom. The Hall–Kier alpha value is -2.05. The van der Waals surface area contributed by atoms with Gasteiger partial charge in [0.25, 0.3) is 5.69 Å². The number of nitrogens with zero attached hydrogens (tertiary/aromatic N) is 1. The molecule has 0 fully saturated rings. The van der Waals surface area contributed by atoms with Gasteiger partial charge in [0, 0.05) is 27.7 Å². The number of hydrogen-bond acceptors (Lipinski definition) is 4. The monoisotopic (exact) mass is 336 g/mol. The van der Waals surface area contributed by atoms with Gasteiger partial charge in [0.1, 0.15) is 0 Å². The van der Waals surface area contributed by atoms with Crippen LogP contribution in [0.1, 0.15) is 6.92 Å². The highest BCUT2D eigenvalue weighted by molar-refractivity contribution is 8.00. The SMILES string of the molecule is C[C@@H](Sc1ccc([N+](=O)[O-])cc1)C(=O)Nc1cccc(Cl)c1. The summed E-state index contributed by atoms with van der Waals surface area (Å²) in [5, 5.41) is 13.6. The van der Waals surface area contributed by atoms with Gasteiger partial charge in [-0.3, -0.25) is 14.9 Å². The summed E-state index contributed by atoms with van der Waals surface area (Å²) in [6, 6.07) is 13.0. The molecule has 0 bridgehead atoms. The Labute approximate surface area is 136 Å². The quantitative estimate of drug-likeness (QED) is 0.500. The molecule has 5 nitrogen and oxygen atoms in total. The van der Waals surface area contributed by atoms with E-state index in [1.807, 2.05) is 0 Å². The molecule has 0 aliphatic carbocycles. The first kappa shape index (κ1) is 16.3. The van der Waals surface area contributed by atoms with E-state index in [1.165, 1.54) is 23.9 Å². The molecule has 0 aromatic heterocycles. The fourth-order valence-electron chi connectivity index (χ4n) is 1.71. The van der Waals surface area contributed by atoms with Crippen molar-refractivity contribution in [2.75, 3.05) is 5.32 Å². The summed E-state index contributed by atoms with van der Waals surface area (Å²) < 4.78 is 0. The van der Waals surface area contributed by atoms with Crippen molar-refractivity contribution in [1.29, 1.82) is 0 Å². The van der Waals surface area contributed by atoms with E-state index >= 15 is 0 Å². The Bertz CT molecular complexity index is 691. The van der Waals surface area contributed by atoms with Crippen LogP contribution in [0.4, 0.5) is 11.4 Å². The van der Waals surface area contributed by atoms with Gasteiger partial charge in [0.2, 0.25) is 5.91 Å². The molecule has 0 aliphatic heterocycles. The number of rotatable bonds is 5. The van der Waals surface area contributed by atoms with Gasteiger partial charge < -0.3 is 5.32 Å². The van der Waals surface area contributed by atoms with Crippen LogP contribution >= 0.6 is 23.4 Å². The number of nitro groups is 1. The predicted molar refractivity (Wildman–Crippen MR) is 88.5 cm³/mol. The van der Waals surface area contributed by atoms with Gasteiger partial charge in [-0.15, -0.1) is 11.8 Å². The molecule has 2 rings (SSSR count). The van der Waals surface area contributed by atoms with Gasteiger partial charge in [-0.05, 0) is 37.3 Å². The summed E-state index contributed by atoms with van der Waals surface area (Å²) in [4.78, 5) is 23.1. The lowest BCUT2D eigenvalue weighted by Crippen LogP contribution is -2.22. The van der Waals surface area contributed by atoms with Crippen molar-refractivity contribution >= 4 is 40.6 Å². The van der Waals surface area contributed by atoms with Crippen LogP contribution in [0.25, 0.3) is 0 Å². The number of benzene rings is 2. The number of halogens is 1. The van der Waals surface area contributed by atoms with E-state index in [1.54, 1.807) is 43.3 Å². The molecule has 2 aromatic rings. The smallest absolute Gasteiger partial charge is 0.269 e. The molecule has 0 saturated heterocycles. The minimum Gasteiger partial charge on any atom is -0.325 e. The third-order valence-electron chi connectivity index (χ3n) is 2.82. The van der Waals surface area contributed by atoms with Crippen LogP contribution < -0.4 is 5.32 Å². The van der Waals surface area contributed by atoms with Crippen LogP contribution in [0, 0.1) is 10.1 Å². The van der Waals surface area contributed by atoms with E-state index in [2.05, 4.69) is 5.32 Å². The maximum atomic E-state index is 12.1. The van der Waals surface area contributed by atoms with Crippen LogP contribution in [-0.2, 0) is 4.79 Å². The molecule has 22 heavy (non-hydrogen) atoms. The van der Waals surface area contributed by atoms with E-state index in [4.69, 9.17) is 11.6 Å². The molecule has 114 valence electrons. The molecule has 0 spiro atoms. The number of hydrogen-bond donors (Lipinski definition) is 1. The minimum atomic E-state index is -0.455. The van der Waals surface area contributed by atoms with E-state index in [0.29, 0.717) is 10.7 Å². The summed E-state index contributed by atoms with van der Waals surface area (Å²) >= 11 is 7.19. The summed E-state index contributed by atoms with van der Waals surface area (Å²) in [7, 11) is 0. The van der Waals surface area contributed by atoms with E-state index in [-0.39, 0.29) is 16.8 Å². The number of nitrogens with one attached hydrogen (secondary N) is 1. The van der Waals surface area contributed by atoms with Gasteiger partial charge in [0.15, 0.2) is 0 Å². The lowest BCUT2D eigenvalue weighted by atomic mass is 10.3. The fraction of sp³-hybridized carbons (Fsp3) is 0.133. The van der Waals surface area contributed by atoms with Gasteiger partial charge >= 0.3 is 0 Å². The number of carbonyl (C=O) groups is 1. The molecule has 1 amide bonds. The average molecular weight is 337 g/mol. The highest BCUT2D eigenvalue weighted by Crippen LogP contribution is 2.26. The topological polar surface area (TPSA) is 72.2 Å². The number of amides is 1. The second-order valence-corrected chi connectivity index (χ2v) is 6.36. The zero-order chi connectivity index (χ0) is 16.1. The zero-order valence-corrected chi connectivity index (χ0v) is 13.2. The van der Waals surface area contributed by atoms with Crippen LogP contribution in [-0.4, -0.2) is 16.1 Å². The molecule has 0 aliphatic rings. The van der Waals surface area contributed by atoms with Crippen molar-refractivity contribution in [3.8, 4) is 0 Å². The van der Waals surface area contributed by atoms with Crippen molar-refractivity contribution in [3.63, 3.8) is 0 Å². The molecule has 0 saturated carbocycles. The Morgan fingerprint density at radius 3 is 2.55 bits per heavy atom. The lowest BCUT2D eigenvalue weighted by molar-refractivity contribution is -0.384. The molecular formula is C15H13ClN2O3S. The van der Waals surface area contributed by atoms with Crippen LogP contribution in [0.3, 0.4) is 0 Å². The highest BCUT2D eigenvalue weighted by Gasteiger charge is 2.15. The zero-order valence-electron chi connectivity index (χ0n) is 11.7. The van der Waals surface area contributed by atoms with Crippen LogP contribution in [0.5, 0.6) is 0 Å². The third kappa shape index (κ3) is 4.47. The molecule has 0 radical (unpaired) electrons. The standard InChI is InChI=1S/C15H13ClN2O3S/c1-10(15(19)17-12-4-2-3-11(16)9-12)22-14-7-5-13(6-8-14)18(20)21/h2-10H,1H3,(H,17,19)/t10-/m1/s1. The summed E-state index contributed by atoms with van der Waals surface area (Å²) in [5.41, 5.74) is 0.661. The van der Waals surface area contributed by atoms with Crippen molar-refractivity contribution in [1.82, 2.24) is 0 Å². The summed E-state index contributed by atoms with van der Waals surface area (Å²) in [6.45, 7) is 1.77. The largest absolute Gasteiger partial charge is 0.325 e. The molecule has 7 heteroatoms. The minimum absolute atomic E-state index is 0.0281. The number of carbonyl (C=O) groups excluding carboxylic acids is 1. The molecule has 1 atom stereocenters. The highest BCUT2D eigenvalue weighted by atomic mass is 35.5. The van der Waals surface area contributed by atoms with Gasteiger partial charge in [-0.2, -0.15) is 0 Å². The normalized spacial score (nSPS) is 11.7. The van der Waals surface area contributed by atoms with E-state index < -0.39 is 4.92 Å². The maximum absolute atomic E-state index is 12.1. The molecule has 1 N–H and O–H groups in total. The van der Waals surface area contributed by atoms with Crippen LogP contribution in [0.15, 0.2) is 53.4 Å². The first-order valence-electron chi connectivity index (χ1n) is 6.43. The van der Waals surface area contributed by atoms with Crippen LogP contribution in [0.2, 0.25) is 5.02 Å². The Morgan fingerprint density at radius 2 is 1.95 bits per heavy atom. The number of nitro benzene ring substituents is 1.